The highest BCUT2D eigenvalue weighted by atomic mass is 19.1. The van der Waals surface area contributed by atoms with Crippen LogP contribution in [0.3, 0.4) is 0 Å². The average molecular weight is 349 g/mol. The van der Waals surface area contributed by atoms with Crippen LogP contribution in [0.4, 0.5) is 4.39 Å². The molecule has 0 spiro atoms. The normalized spacial score (nSPS) is 16.8. The van der Waals surface area contributed by atoms with Crippen LogP contribution < -0.4 is 0 Å². The summed E-state index contributed by atoms with van der Waals surface area (Å²) in [6.45, 7) is 3.31. The summed E-state index contributed by atoms with van der Waals surface area (Å²) >= 11 is 0. The van der Waals surface area contributed by atoms with Gasteiger partial charge in [0.15, 0.2) is 0 Å². The number of rotatable bonds is 2. The van der Waals surface area contributed by atoms with Gasteiger partial charge < -0.3 is 9.72 Å². The van der Waals surface area contributed by atoms with E-state index in [1.807, 2.05) is 29.9 Å². The summed E-state index contributed by atoms with van der Waals surface area (Å²) in [5, 5.41) is 5.79. The van der Waals surface area contributed by atoms with Crippen LogP contribution >= 0.6 is 0 Å². The van der Waals surface area contributed by atoms with Crippen molar-refractivity contribution in [3.05, 3.63) is 54.4 Å². The molecular formula is C19H16FN5O. The van der Waals surface area contributed by atoms with Gasteiger partial charge in [0.25, 0.3) is 0 Å². The number of aromatic amines is 1. The third-order valence-electron chi connectivity index (χ3n) is 4.75. The Kier molecular flexibility index (Phi) is 3.36. The number of aromatic nitrogens is 5. The molecule has 0 unspecified atom stereocenters. The molecule has 0 fully saturated rings. The molecule has 0 bridgehead atoms. The Bertz CT molecular complexity index is 1100. The van der Waals surface area contributed by atoms with E-state index in [1.165, 1.54) is 12.3 Å². The van der Waals surface area contributed by atoms with Crippen molar-refractivity contribution in [2.75, 3.05) is 6.61 Å². The van der Waals surface area contributed by atoms with E-state index in [2.05, 4.69) is 15.0 Å². The van der Waals surface area contributed by atoms with Crippen LogP contribution in [0.25, 0.3) is 33.5 Å². The Hall–Kier alpha value is -3.06. The first-order valence-corrected chi connectivity index (χ1v) is 8.49. The zero-order valence-electron chi connectivity index (χ0n) is 14.1. The van der Waals surface area contributed by atoms with Crippen molar-refractivity contribution in [3.63, 3.8) is 0 Å². The molecule has 0 saturated heterocycles. The number of H-pyrrole nitrogens is 1. The molecule has 0 amide bonds. The number of nitrogens with zero attached hydrogens (tertiary/aromatic N) is 4. The van der Waals surface area contributed by atoms with Gasteiger partial charge in [0.1, 0.15) is 17.2 Å². The maximum Gasteiger partial charge on any atom is 0.141 e. The summed E-state index contributed by atoms with van der Waals surface area (Å²) in [7, 11) is 0. The zero-order chi connectivity index (χ0) is 17.7. The molecule has 0 aromatic carbocycles. The summed E-state index contributed by atoms with van der Waals surface area (Å²) in [6.07, 6.45) is 4.76. The lowest BCUT2D eigenvalue weighted by Crippen LogP contribution is -2.20. The maximum absolute atomic E-state index is 13.4. The van der Waals surface area contributed by atoms with E-state index in [4.69, 9.17) is 9.84 Å². The standard InChI is InChI=1S/C19H16FN5O/c1-11-18-16(13-4-6-21-19-14(13)5-7-22-19)17(24-25(18)8-9-26-11)15-3-2-12(20)10-23-15/h2-7,10-11H,8-9H2,1H3,(H,21,22)/t11-/m1/s1. The molecule has 130 valence electrons. The highest BCUT2D eigenvalue weighted by Gasteiger charge is 2.29. The van der Waals surface area contributed by atoms with E-state index in [0.29, 0.717) is 18.8 Å². The lowest BCUT2D eigenvalue weighted by atomic mass is 9.97. The molecule has 0 radical (unpaired) electrons. The van der Waals surface area contributed by atoms with Crippen LogP contribution in [0.5, 0.6) is 0 Å². The number of hydrogen-bond acceptors (Lipinski definition) is 4. The highest BCUT2D eigenvalue weighted by molar-refractivity contribution is 5.97. The first-order valence-electron chi connectivity index (χ1n) is 8.49. The number of halogens is 1. The first kappa shape index (κ1) is 15.2. The second-order valence-electron chi connectivity index (χ2n) is 6.31. The highest BCUT2D eigenvalue weighted by Crippen LogP contribution is 2.41. The van der Waals surface area contributed by atoms with Gasteiger partial charge in [-0.15, -0.1) is 0 Å². The second kappa shape index (κ2) is 5.74. The Morgan fingerprint density at radius 3 is 3.00 bits per heavy atom. The van der Waals surface area contributed by atoms with Gasteiger partial charge in [-0.2, -0.15) is 5.10 Å². The van der Waals surface area contributed by atoms with Crippen molar-refractivity contribution in [2.24, 2.45) is 0 Å². The predicted molar refractivity (Wildman–Crippen MR) is 94.9 cm³/mol. The van der Waals surface area contributed by atoms with E-state index < -0.39 is 0 Å². The number of hydrogen-bond donors (Lipinski definition) is 1. The molecule has 6 nitrogen and oxygen atoms in total. The fourth-order valence-corrected chi connectivity index (χ4v) is 3.59. The fraction of sp³-hybridized carbons (Fsp3) is 0.211. The Morgan fingerprint density at radius 1 is 1.23 bits per heavy atom. The van der Waals surface area contributed by atoms with Crippen molar-refractivity contribution in [3.8, 4) is 22.5 Å². The van der Waals surface area contributed by atoms with Crippen LogP contribution in [0, 0.1) is 5.82 Å². The smallest absolute Gasteiger partial charge is 0.141 e. The Morgan fingerprint density at radius 2 is 2.15 bits per heavy atom. The topological polar surface area (TPSA) is 68.6 Å². The van der Waals surface area contributed by atoms with E-state index in [9.17, 15) is 4.39 Å². The van der Waals surface area contributed by atoms with Crippen molar-refractivity contribution in [1.29, 1.82) is 0 Å². The monoisotopic (exact) mass is 349 g/mol. The minimum absolute atomic E-state index is 0.0948. The summed E-state index contributed by atoms with van der Waals surface area (Å²) in [5.74, 6) is -0.368. The van der Waals surface area contributed by atoms with Crippen LogP contribution in [0.2, 0.25) is 0 Å². The van der Waals surface area contributed by atoms with Crippen LogP contribution in [0.1, 0.15) is 18.7 Å². The Labute approximate surface area is 148 Å². The largest absolute Gasteiger partial charge is 0.370 e. The SMILES string of the molecule is C[C@H]1OCCn2nc(-c3ccc(F)cn3)c(-c3ccnc4[nH]ccc34)c21. The van der Waals surface area contributed by atoms with Crippen LogP contribution in [-0.4, -0.2) is 31.3 Å². The molecule has 26 heavy (non-hydrogen) atoms. The van der Waals surface area contributed by atoms with Gasteiger partial charge in [-0.3, -0.25) is 9.67 Å². The van der Waals surface area contributed by atoms with Crippen molar-refractivity contribution < 1.29 is 9.13 Å². The van der Waals surface area contributed by atoms with Gasteiger partial charge in [0, 0.05) is 23.3 Å². The summed E-state index contributed by atoms with van der Waals surface area (Å²) < 4.78 is 21.2. The zero-order valence-corrected chi connectivity index (χ0v) is 14.1. The lowest BCUT2D eigenvalue weighted by molar-refractivity contribution is 0.0293. The number of ether oxygens (including phenoxy) is 1. The molecule has 4 aromatic rings. The Balaban J connectivity index is 1.84. The minimum atomic E-state index is -0.368. The minimum Gasteiger partial charge on any atom is -0.370 e. The molecule has 1 aliphatic rings. The van der Waals surface area contributed by atoms with Gasteiger partial charge in [0.2, 0.25) is 0 Å². The molecule has 5 rings (SSSR count). The summed E-state index contributed by atoms with van der Waals surface area (Å²) in [6, 6.07) is 7.04. The molecule has 5 heterocycles. The quantitative estimate of drug-likeness (QED) is 0.599. The van der Waals surface area contributed by atoms with Gasteiger partial charge in [-0.1, -0.05) is 0 Å². The molecule has 7 heteroatoms. The third kappa shape index (κ3) is 2.24. The molecule has 4 aromatic heterocycles. The van der Waals surface area contributed by atoms with Gasteiger partial charge >= 0.3 is 0 Å². The van der Waals surface area contributed by atoms with Crippen LogP contribution in [-0.2, 0) is 11.3 Å². The van der Waals surface area contributed by atoms with Crippen molar-refractivity contribution in [2.45, 2.75) is 19.6 Å². The lowest BCUT2D eigenvalue weighted by Gasteiger charge is -2.22. The summed E-state index contributed by atoms with van der Waals surface area (Å²) in [5.41, 5.74) is 5.15. The molecular weight excluding hydrogens is 333 g/mol. The van der Waals surface area contributed by atoms with Gasteiger partial charge in [0.05, 0.1) is 36.8 Å². The van der Waals surface area contributed by atoms with E-state index in [-0.39, 0.29) is 11.9 Å². The summed E-state index contributed by atoms with van der Waals surface area (Å²) in [4.78, 5) is 11.8. The third-order valence-corrected chi connectivity index (χ3v) is 4.75. The molecule has 1 aliphatic heterocycles. The number of pyridine rings is 2. The van der Waals surface area contributed by atoms with Gasteiger partial charge in [-0.05, 0) is 36.8 Å². The van der Waals surface area contributed by atoms with E-state index in [0.717, 1.165) is 33.5 Å². The molecule has 1 N–H and O–H groups in total. The second-order valence-corrected chi connectivity index (χ2v) is 6.31. The predicted octanol–water partition coefficient (Wildman–Crippen LogP) is 3.72. The van der Waals surface area contributed by atoms with E-state index in [1.54, 1.807) is 12.3 Å². The van der Waals surface area contributed by atoms with Crippen LogP contribution in [0.15, 0.2) is 42.9 Å². The average Bonchev–Trinajstić information content (AvgIpc) is 3.27. The number of nitrogens with one attached hydrogen (secondary N) is 1. The first-order chi connectivity index (χ1) is 12.7. The fourth-order valence-electron chi connectivity index (χ4n) is 3.59. The maximum atomic E-state index is 13.4. The van der Waals surface area contributed by atoms with Crippen molar-refractivity contribution in [1.82, 2.24) is 24.7 Å². The van der Waals surface area contributed by atoms with Crippen molar-refractivity contribution >= 4 is 11.0 Å². The molecule has 1 atom stereocenters. The molecule has 0 saturated carbocycles. The van der Waals surface area contributed by atoms with E-state index >= 15 is 0 Å². The number of fused-ring (bicyclic) bond motifs is 2. The van der Waals surface area contributed by atoms with Gasteiger partial charge in [-0.25, -0.2) is 9.37 Å². The molecule has 0 aliphatic carbocycles.